The van der Waals surface area contributed by atoms with Crippen molar-refractivity contribution in [1.82, 2.24) is 30.3 Å². The van der Waals surface area contributed by atoms with Gasteiger partial charge in [0.05, 0.1) is 12.8 Å². The number of nitrogens with zero attached hydrogens (tertiary/aromatic N) is 5. The number of urea groups is 1. The molecule has 9 heteroatoms. The number of carbonyl (C=O) groups excluding carboxylic acids is 1. The number of piperidine rings is 1. The molecule has 2 aromatic heterocycles. The maximum Gasteiger partial charge on any atom is 0.317 e. The number of ether oxygens (including phenoxy) is 1. The average Bonchev–Trinajstić information content (AvgIpc) is 3.11. The number of methoxy groups -OCH3 is 1. The average molecular weight is 346 g/mol. The Morgan fingerprint density at radius 3 is 3.20 bits per heavy atom. The fraction of sp³-hybridized carbons (Fsp3) is 0.562. The molecular weight excluding hydrogens is 324 g/mol. The first-order valence-corrected chi connectivity index (χ1v) is 8.37. The molecule has 0 spiro atoms. The highest BCUT2D eigenvalue weighted by Crippen LogP contribution is 2.21. The van der Waals surface area contributed by atoms with Crippen molar-refractivity contribution < 1.29 is 14.1 Å². The zero-order chi connectivity index (χ0) is 17.5. The molecule has 134 valence electrons. The van der Waals surface area contributed by atoms with Crippen molar-refractivity contribution in [2.45, 2.75) is 19.3 Å². The summed E-state index contributed by atoms with van der Waals surface area (Å²) in [6.07, 6.45) is 7.43. The van der Waals surface area contributed by atoms with Gasteiger partial charge in [0.1, 0.15) is 5.69 Å². The largest absolute Gasteiger partial charge is 0.383 e. The lowest BCUT2D eigenvalue weighted by Gasteiger charge is -2.32. The van der Waals surface area contributed by atoms with E-state index in [1.54, 1.807) is 25.7 Å². The molecule has 1 aliphatic heterocycles. The molecule has 0 saturated carbocycles. The molecule has 1 fully saturated rings. The number of hydrogen-bond donors (Lipinski definition) is 1. The summed E-state index contributed by atoms with van der Waals surface area (Å²) in [5.74, 6) is 1.30. The zero-order valence-corrected chi connectivity index (χ0v) is 14.2. The summed E-state index contributed by atoms with van der Waals surface area (Å²) in [7, 11) is 1.61. The molecule has 1 atom stereocenters. The molecule has 3 rings (SSSR count). The lowest BCUT2D eigenvalue weighted by molar-refractivity contribution is 0.154. The molecule has 0 radical (unpaired) electrons. The predicted octanol–water partition coefficient (Wildman–Crippen LogP) is 1.14. The molecular formula is C16H22N6O3. The Kier molecular flexibility index (Phi) is 5.89. The maximum atomic E-state index is 12.2. The Morgan fingerprint density at radius 1 is 1.48 bits per heavy atom. The number of aromatic nitrogens is 4. The fourth-order valence-corrected chi connectivity index (χ4v) is 2.89. The van der Waals surface area contributed by atoms with Crippen LogP contribution in [0.2, 0.25) is 0 Å². The van der Waals surface area contributed by atoms with E-state index in [0.717, 1.165) is 19.4 Å². The normalized spacial score (nSPS) is 17.5. The first-order chi connectivity index (χ1) is 12.3. The topological polar surface area (TPSA) is 106 Å². The van der Waals surface area contributed by atoms with Gasteiger partial charge >= 0.3 is 6.03 Å². The highest BCUT2D eigenvalue weighted by Gasteiger charge is 2.25. The predicted molar refractivity (Wildman–Crippen MR) is 88.6 cm³/mol. The second-order valence-corrected chi connectivity index (χ2v) is 5.99. The van der Waals surface area contributed by atoms with E-state index in [4.69, 9.17) is 9.26 Å². The number of carbonyl (C=O) groups is 1. The van der Waals surface area contributed by atoms with Gasteiger partial charge in [-0.2, -0.15) is 4.98 Å². The van der Waals surface area contributed by atoms with E-state index in [-0.39, 0.29) is 6.03 Å². The molecule has 0 aromatic carbocycles. The second-order valence-electron chi connectivity index (χ2n) is 5.99. The Balaban J connectivity index is 1.54. The van der Waals surface area contributed by atoms with Gasteiger partial charge in [-0.3, -0.25) is 4.98 Å². The lowest BCUT2D eigenvalue weighted by atomic mass is 9.95. The van der Waals surface area contributed by atoms with E-state index >= 15 is 0 Å². The summed E-state index contributed by atoms with van der Waals surface area (Å²) in [6.45, 7) is 2.48. The number of hydrogen-bond acceptors (Lipinski definition) is 7. The fourth-order valence-electron chi connectivity index (χ4n) is 2.89. The van der Waals surface area contributed by atoms with Crippen molar-refractivity contribution in [2.24, 2.45) is 5.92 Å². The lowest BCUT2D eigenvalue weighted by Crippen LogP contribution is -2.46. The summed E-state index contributed by atoms with van der Waals surface area (Å²) in [5.41, 5.74) is 0.584. The minimum absolute atomic E-state index is 0.0486. The maximum absolute atomic E-state index is 12.2. The first kappa shape index (κ1) is 17.3. The number of rotatable bonds is 6. The van der Waals surface area contributed by atoms with Gasteiger partial charge in [0.15, 0.2) is 0 Å². The molecule has 3 heterocycles. The minimum atomic E-state index is -0.0486. The first-order valence-electron chi connectivity index (χ1n) is 8.37. The smallest absolute Gasteiger partial charge is 0.317 e. The van der Waals surface area contributed by atoms with Crippen LogP contribution >= 0.6 is 0 Å². The highest BCUT2D eigenvalue weighted by atomic mass is 16.5. The van der Waals surface area contributed by atoms with E-state index < -0.39 is 0 Å². The summed E-state index contributed by atoms with van der Waals surface area (Å²) < 4.78 is 10.3. The van der Waals surface area contributed by atoms with E-state index in [1.807, 2.05) is 4.90 Å². The monoisotopic (exact) mass is 346 g/mol. The third-order valence-electron chi connectivity index (χ3n) is 4.11. The Hall–Kier alpha value is -2.55. The highest BCUT2D eigenvalue weighted by molar-refractivity contribution is 5.74. The van der Waals surface area contributed by atoms with Gasteiger partial charge in [-0.05, 0) is 18.8 Å². The van der Waals surface area contributed by atoms with Gasteiger partial charge in [-0.25, -0.2) is 9.78 Å². The van der Waals surface area contributed by atoms with Crippen LogP contribution in [0.1, 0.15) is 18.7 Å². The van der Waals surface area contributed by atoms with Gasteiger partial charge in [0.2, 0.25) is 11.7 Å². The molecule has 1 saturated heterocycles. The van der Waals surface area contributed by atoms with Crippen LogP contribution in [-0.2, 0) is 11.2 Å². The van der Waals surface area contributed by atoms with Gasteiger partial charge in [-0.1, -0.05) is 5.16 Å². The Labute approximate surface area is 145 Å². The molecule has 1 aliphatic rings. The van der Waals surface area contributed by atoms with Gasteiger partial charge in [0, 0.05) is 45.6 Å². The summed E-state index contributed by atoms with van der Waals surface area (Å²) >= 11 is 0. The van der Waals surface area contributed by atoms with Crippen LogP contribution in [0.25, 0.3) is 11.5 Å². The van der Waals surface area contributed by atoms with Crippen LogP contribution in [-0.4, -0.2) is 64.4 Å². The minimum Gasteiger partial charge on any atom is -0.383 e. The van der Waals surface area contributed by atoms with Gasteiger partial charge < -0.3 is 19.5 Å². The van der Waals surface area contributed by atoms with Crippen molar-refractivity contribution >= 4 is 6.03 Å². The van der Waals surface area contributed by atoms with Crippen molar-refractivity contribution in [3.05, 3.63) is 24.5 Å². The summed E-state index contributed by atoms with van der Waals surface area (Å²) in [6, 6.07) is -0.0486. The number of amides is 2. The molecule has 9 nitrogen and oxygen atoms in total. The van der Waals surface area contributed by atoms with E-state index in [2.05, 4.69) is 25.4 Å². The molecule has 0 bridgehead atoms. The van der Waals surface area contributed by atoms with E-state index in [0.29, 0.717) is 49.4 Å². The van der Waals surface area contributed by atoms with Gasteiger partial charge in [-0.15, -0.1) is 0 Å². The number of nitrogens with one attached hydrogen (secondary N) is 1. The standard InChI is InChI=1S/C16H22N6O3/c1-24-8-6-19-16(23)22-7-2-3-12(11-22)9-14-20-15(21-25-14)13-10-17-4-5-18-13/h4-5,10,12H,2-3,6-9,11H2,1H3,(H,19,23). The molecule has 2 amide bonds. The molecule has 2 aromatic rings. The molecule has 1 N–H and O–H groups in total. The quantitative estimate of drug-likeness (QED) is 0.782. The van der Waals surface area contributed by atoms with Crippen molar-refractivity contribution in [1.29, 1.82) is 0 Å². The van der Waals surface area contributed by atoms with Gasteiger partial charge in [0.25, 0.3) is 0 Å². The van der Waals surface area contributed by atoms with Crippen LogP contribution in [0.15, 0.2) is 23.1 Å². The van der Waals surface area contributed by atoms with Crippen LogP contribution in [0.5, 0.6) is 0 Å². The third kappa shape index (κ3) is 4.72. The van der Waals surface area contributed by atoms with Crippen molar-refractivity contribution in [3.63, 3.8) is 0 Å². The molecule has 1 unspecified atom stereocenters. The Morgan fingerprint density at radius 2 is 2.40 bits per heavy atom. The van der Waals surface area contributed by atoms with Crippen LogP contribution in [0.3, 0.4) is 0 Å². The van der Waals surface area contributed by atoms with Crippen molar-refractivity contribution in [2.75, 3.05) is 33.4 Å². The third-order valence-corrected chi connectivity index (χ3v) is 4.11. The van der Waals surface area contributed by atoms with Crippen molar-refractivity contribution in [3.8, 4) is 11.5 Å². The summed E-state index contributed by atoms with van der Waals surface area (Å²) in [5, 5.41) is 6.82. The molecule has 0 aliphatic carbocycles. The van der Waals surface area contributed by atoms with Crippen LogP contribution in [0.4, 0.5) is 4.79 Å². The second kappa shape index (κ2) is 8.52. The van der Waals surface area contributed by atoms with Crippen LogP contribution < -0.4 is 5.32 Å². The Bertz CT molecular complexity index is 678. The van der Waals surface area contributed by atoms with E-state index in [1.165, 1.54) is 0 Å². The SMILES string of the molecule is COCCNC(=O)N1CCCC(Cc2nc(-c3cnccn3)no2)C1. The zero-order valence-electron chi connectivity index (χ0n) is 14.2. The molecule has 25 heavy (non-hydrogen) atoms. The summed E-state index contributed by atoms with van der Waals surface area (Å²) in [4.78, 5) is 26.5. The van der Waals surface area contributed by atoms with Crippen LogP contribution in [0, 0.1) is 5.92 Å². The van der Waals surface area contributed by atoms with E-state index in [9.17, 15) is 4.79 Å². The number of likely N-dealkylation sites (tertiary alicyclic amines) is 1.